The van der Waals surface area contributed by atoms with Crippen molar-refractivity contribution >= 4 is 29.2 Å². The molecule has 0 spiro atoms. The molecule has 3 rings (SSSR count). The average Bonchev–Trinajstić information content (AvgIpc) is 3.31. The molecule has 30 heavy (non-hydrogen) atoms. The van der Waals surface area contributed by atoms with Crippen molar-refractivity contribution in [2.45, 2.75) is 19.8 Å². The molecule has 0 unspecified atom stereocenters. The largest absolute Gasteiger partial charge is 0.357 e. The summed E-state index contributed by atoms with van der Waals surface area (Å²) in [6, 6.07) is 6.05. The number of nitrogens with one attached hydrogen (secondary N) is 1. The van der Waals surface area contributed by atoms with E-state index in [2.05, 4.69) is 54.5 Å². The van der Waals surface area contributed by atoms with Gasteiger partial charge in [0.2, 0.25) is 11.9 Å². The van der Waals surface area contributed by atoms with Gasteiger partial charge in [-0.15, -0.1) is 11.3 Å². The Morgan fingerprint density at radius 1 is 1.23 bits per heavy atom. The van der Waals surface area contributed by atoms with E-state index in [9.17, 15) is 4.79 Å². The van der Waals surface area contributed by atoms with Crippen LogP contribution >= 0.6 is 11.3 Å². The van der Waals surface area contributed by atoms with E-state index in [1.807, 2.05) is 18.0 Å². The zero-order valence-electron chi connectivity index (χ0n) is 17.8. The number of hydrogen-bond acceptors (Lipinski definition) is 6. The Labute approximate surface area is 182 Å². The molecular weight excluding hydrogens is 398 g/mol. The lowest BCUT2D eigenvalue weighted by molar-refractivity contribution is -0.131. The summed E-state index contributed by atoms with van der Waals surface area (Å²) in [5.41, 5.74) is 0. The van der Waals surface area contributed by atoms with E-state index in [0.717, 1.165) is 44.5 Å². The van der Waals surface area contributed by atoms with Gasteiger partial charge in [-0.25, -0.2) is 9.97 Å². The maximum atomic E-state index is 12.6. The number of guanidine groups is 1. The minimum atomic E-state index is 0.157. The molecule has 0 atom stereocenters. The number of aliphatic imine (C=N–C) groups is 1. The van der Waals surface area contributed by atoms with Gasteiger partial charge in [-0.05, 0) is 30.9 Å². The van der Waals surface area contributed by atoms with E-state index in [-0.39, 0.29) is 5.91 Å². The molecule has 0 aliphatic carbocycles. The first-order valence-corrected chi connectivity index (χ1v) is 11.4. The van der Waals surface area contributed by atoms with Gasteiger partial charge in [-0.1, -0.05) is 6.07 Å². The second-order valence-electron chi connectivity index (χ2n) is 7.15. The third-order valence-electron chi connectivity index (χ3n) is 5.02. The highest BCUT2D eigenvalue weighted by atomic mass is 32.1. The lowest BCUT2D eigenvalue weighted by atomic mass is 10.3. The summed E-state index contributed by atoms with van der Waals surface area (Å²) in [7, 11) is 2.04. The predicted molar refractivity (Wildman–Crippen MR) is 122 cm³/mol. The third kappa shape index (κ3) is 6.41. The zero-order chi connectivity index (χ0) is 21.2. The summed E-state index contributed by atoms with van der Waals surface area (Å²) in [6.45, 7) is 7.16. The quantitative estimate of drug-likeness (QED) is 0.509. The number of carbonyl (C=O) groups is 1. The van der Waals surface area contributed by atoms with Gasteiger partial charge < -0.3 is 20.0 Å². The number of thiophene rings is 1. The standard InChI is InChI=1S/C21H31N7OS/c1-3-22-20(26(2)12-8-18-6-4-17-30-18)25-11-7-19(29)27-13-15-28(16-14-27)21-23-9-5-10-24-21/h4-6,9-10,17H,3,7-8,11-16H2,1-2H3,(H,22,25). The number of amides is 1. The topological polar surface area (TPSA) is 77.0 Å². The number of nitrogens with zero attached hydrogens (tertiary/aromatic N) is 6. The normalized spacial score (nSPS) is 14.7. The number of hydrogen-bond donors (Lipinski definition) is 1. The first-order valence-electron chi connectivity index (χ1n) is 10.5. The van der Waals surface area contributed by atoms with Gasteiger partial charge in [0, 0.05) is 70.0 Å². The molecule has 0 radical (unpaired) electrons. The third-order valence-corrected chi connectivity index (χ3v) is 5.96. The molecular formula is C21H31N7OS. The van der Waals surface area contributed by atoms with Crippen LogP contribution in [0.5, 0.6) is 0 Å². The van der Waals surface area contributed by atoms with E-state index >= 15 is 0 Å². The Bertz CT molecular complexity index is 789. The van der Waals surface area contributed by atoms with Crippen LogP contribution in [-0.4, -0.2) is 84.5 Å². The number of aromatic nitrogens is 2. The van der Waals surface area contributed by atoms with E-state index in [1.54, 1.807) is 23.7 Å². The fraction of sp³-hybridized carbons (Fsp3) is 0.524. The smallest absolute Gasteiger partial charge is 0.225 e. The average molecular weight is 430 g/mol. The lowest BCUT2D eigenvalue weighted by Crippen LogP contribution is -2.49. The van der Waals surface area contributed by atoms with Crippen molar-refractivity contribution in [1.82, 2.24) is 25.1 Å². The minimum Gasteiger partial charge on any atom is -0.357 e. The van der Waals surface area contributed by atoms with Crippen LogP contribution in [0, 0.1) is 0 Å². The van der Waals surface area contributed by atoms with Crippen LogP contribution < -0.4 is 10.2 Å². The van der Waals surface area contributed by atoms with Crippen LogP contribution in [0.25, 0.3) is 0 Å². The second-order valence-corrected chi connectivity index (χ2v) is 8.19. The molecule has 1 aliphatic rings. The molecule has 0 bridgehead atoms. The Morgan fingerprint density at radius 2 is 2.00 bits per heavy atom. The van der Waals surface area contributed by atoms with Crippen LogP contribution in [-0.2, 0) is 11.2 Å². The number of anilines is 1. The molecule has 1 amide bonds. The summed E-state index contributed by atoms with van der Waals surface area (Å²) in [6.07, 6.45) is 4.91. The molecule has 162 valence electrons. The van der Waals surface area contributed by atoms with Crippen LogP contribution in [0.3, 0.4) is 0 Å². The number of rotatable bonds is 8. The summed E-state index contributed by atoms with van der Waals surface area (Å²) < 4.78 is 0. The van der Waals surface area contributed by atoms with Crippen molar-refractivity contribution in [2.75, 3.05) is 57.8 Å². The molecule has 2 aromatic heterocycles. The van der Waals surface area contributed by atoms with Gasteiger partial charge in [-0.2, -0.15) is 0 Å². The Kier molecular flexibility index (Phi) is 8.43. The number of likely N-dealkylation sites (N-methyl/N-ethyl adjacent to an activating group) is 1. The molecule has 1 aliphatic heterocycles. The molecule has 0 saturated carbocycles. The summed E-state index contributed by atoms with van der Waals surface area (Å²) >= 11 is 1.78. The lowest BCUT2D eigenvalue weighted by Gasteiger charge is -2.34. The monoisotopic (exact) mass is 429 g/mol. The van der Waals surface area contributed by atoms with Crippen molar-refractivity contribution in [1.29, 1.82) is 0 Å². The first kappa shape index (κ1) is 22.0. The summed E-state index contributed by atoms with van der Waals surface area (Å²) in [4.78, 5) is 33.4. The van der Waals surface area contributed by atoms with Gasteiger partial charge in [-0.3, -0.25) is 9.79 Å². The van der Waals surface area contributed by atoms with Crippen LogP contribution in [0.1, 0.15) is 18.2 Å². The number of piperazine rings is 1. The Balaban J connectivity index is 1.43. The van der Waals surface area contributed by atoms with Crippen LogP contribution in [0.2, 0.25) is 0 Å². The summed E-state index contributed by atoms with van der Waals surface area (Å²) in [5.74, 6) is 1.74. The van der Waals surface area contributed by atoms with Gasteiger partial charge in [0.1, 0.15) is 0 Å². The van der Waals surface area contributed by atoms with Crippen LogP contribution in [0.15, 0.2) is 41.0 Å². The van der Waals surface area contributed by atoms with Crippen molar-refractivity contribution in [3.8, 4) is 0 Å². The second kappa shape index (κ2) is 11.5. The van der Waals surface area contributed by atoms with E-state index in [4.69, 9.17) is 0 Å². The molecule has 1 fully saturated rings. The number of carbonyl (C=O) groups excluding carboxylic acids is 1. The molecule has 0 aromatic carbocycles. The van der Waals surface area contributed by atoms with E-state index < -0.39 is 0 Å². The van der Waals surface area contributed by atoms with Crippen molar-refractivity contribution in [3.63, 3.8) is 0 Å². The maximum Gasteiger partial charge on any atom is 0.225 e. The van der Waals surface area contributed by atoms with Gasteiger partial charge in [0.15, 0.2) is 5.96 Å². The molecule has 8 nitrogen and oxygen atoms in total. The van der Waals surface area contributed by atoms with Gasteiger partial charge in [0.25, 0.3) is 0 Å². The fourth-order valence-electron chi connectivity index (χ4n) is 3.33. The van der Waals surface area contributed by atoms with E-state index in [1.165, 1.54) is 4.88 Å². The van der Waals surface area contributed by atoms with Gasteiger partial charge in [0.05, 0.1) is 6.54 Å². The molecule has 1 saturated heterocycles. The molecule has 3 heterocycles. The molecule has 1 N–H and O–H groups in total. The van der Waals surface area contributed by atoms with Crippen LogP contribution in [0.4, 0.5) is 5.95 Å². The maximum absolute atomic E-state index is 12.6. The van der Waals surface area contributed by atoms with Crippen molar-refractivity contribution < 1.29 is 4.79 Å². The minimum absolute atomic E-state index is 0.157. The van der Waals surface area contributed by atoms with E-state index in [0.29, 0.717) is 26.1 Å². The first-order chi connectivity index (χ1) is 14.7. The molecule has 2 aromatic rings. The SMILES string of the molecule is CCNC(=NCCC(=O)N1CCN(c2ncccn2)CC1)N(C)CCc1cccs1. The highest BCUT2D eigenvalue weighted by Gasteiger charge is 2.22. The Morgan fingerprint density at radius 3 is 2.67 bits per heavy atom. The highest BCUT2D eigenvalue weighted by molar-refractivity contribution is 7.09. The Hall–Kier alpha value is -2.68. The predicted octanol–water partition coefficient (Wildman–Crippen LogP) is 1.72. The zero-order valence-corrected chi connectivity index (χ0v) is 18.6. The molecule has 9 heteroatoms. The van der Waals surface area contributed by atoms with Crippen molar-refractivity contribution in [2.24, 2.45) is 4.99 Å². The highest BCUT2D eigenvalue weighted by Crippen LogP contribution is 2.11. The fourth-order valence-corrected chi connectivity index (χ4v) is 4.03. The van der Waals surface area contributed by atoms with Crippen molar-refractivity contribution in [3.05, 3.63) is 40.8 Å². The van der Waals surface area contributed by atoms with Gasteiger partial charge >= 0.3 is 0 Å². The summed E-state index contributed by atoms with van der Waals surface area (Å²) in [5, 5.41) is 5.43.